The Labute approximate surface area is 89.4 Å². The van der Waals surface area contributed by atoms with Gasteiger partial charge in [-0.15, -0.1) is 11.8 Å². The van der Waals surface area contributed by atoms with Crippen molar-refractivity contribution in [2.75, 3.05) is 0 Å². The van der Waals surface area contributed by atoms with Gasteiger partial charge in [0.05, 0.1) is 0 Å². The van der Waals surface area contributed by atoms with Crippen LogP contribution in [-0.4, -0.2) is 11.1 Å². The predicted octanol–water partition coefficient (Wildman–Crippen LogP) is 2.78. The average Bonchev–Trinajstić information content (AvgIpc) is 2.07. The molecule has 0 aliphatic rings. The molecule has 0 atom stereocenters. The molecule has 1 aromatic rings. The number of nitrogen functional groups attached to an aromatic ring is 1. The molecule has 0 unspecified atom stereocenters. The second-order valence-corrected chi connectivity index (χ2v) is 5.12. The maximum Gasteiger partial charge on any atom is 0.123 e. The Morgan fingerprint density at radius 1 is 1.43 bits per heavy atom. The van der Waals surface area contributed by atoms with Gasteiger partial charge in [0.2, 0.25) is 0 Å². The molecule has 0 bridgehead atoms. The molecule has 0 fully saturated rings. The first kappa shape index (κ1) is 11.1. The van der Waals surface area contributed by atoms with Crippen molar-refractivity contribution >= 4 is 17.6 Å². The Bertz CT molecular complexity index is 345. The normalized spacial score (nSPS) is 10.6. The van der Waals surface area contributed by atoms with Gasteiger partial charge in [-0.3, -0.25) is 5.41 Å². The SMILES string of the molecule is Cc1cccc(C(=N)N)c1SC(C)C. The third-order valence-corrected chi connectivity index (χ3v) is 3.10. The topological polar surface area (TPSA) is 49.9 Å². The van der Waals surface area contributed by atoms with E-state index in [9.17, 15) is 0 Å². The summed E-state index contributed by atoms with van der Waals surface area (Å²) in [6, 6.07) is 5.90. The Balaban J connectivity index is 3.15. The molecule has 0 spiro atoms. The van der Waals surface area contributed by atoms with E-state index in [1.54, 1.807) is 11.8 Å². The number of nitrogens with two attached hydrogens (primary N) is 1. The summed E-state index contributed by atoms with van der Waals surface area (Å²) in [7, 11) is 0. The van der Waals surface area contributed by atoms with Gasteiger partial charge in [-0.25, -0.2) is 0 Å². The molecule has 2 nitrogen and oxygen atoms in total. The van der Waals surface area contributed by atoms with Crippen molar-refractivity contribution in [3.8, 4) is 0 Å². The third kappa shape index (κ3) is 2.51. The van der Waals surface area contributed by atoms with E-state index in [-0.39, 0.29) is 5.84 Å². The highest BCUT2D eigenvalue weighted by Crippen LogP contribution is 2.29. The van der Waals surface area contributed by atoms with Gasteiger partial charge in [-0.05, 0) is 12.5 Å². The van der Waals surface area contributed by atoms with Gasteiger partial charge >= 0.3 is 0 Å². The maximum absolute atomic E-state index is 7.48. The van der Waals surface area contributed by atoms with E-state index in [1.165, 1.54) is 5.56 Å². The average molecular weight is 208 g/mol. The number of aryl methyl sites for hydroxylation is 1. The van der Waals surface area contributed by atoms with Gasteiger partial charge < -0.3 is 5.73 Å². The molecule has 0 aliphatic carbocycles. The van der Waals surface area contributed by atoms with Crippen molar-refractivity contribution in [1.82, 2.24) is 0 Å². The number of nitrogens with one attached hydrogen (secondary N) is 1. The molecule has 3 heteroatoms. The Hall–Kier alpha value is -0.960. The van der Waals surface area contributed by atoms with Crippen LogP contribution in [0.1, 0.15) is 25.0 Å². The standard InChI is InChI=1S/C11H16N2S/c1-7(2)14-10-8(3)5-4-6-9(10)11(12)13/h4-7H,1-3H3,(H3,12,13). The lowest BCUT2D eigenvalue weighted by atomic mass is 10.1. The molecule has 1 aromatic carbocycles. The summed E-state index contributed by atoms with van der Waals surface area (Å²) in [4.78, 5) is 1.13. The zero-order valence-electron chi connectivity index (χ0n) is 8.79. The zero-order valence-corrected chi connectivity index (χ0v) is 9.61. The number of hydrogen-bond acceptors (Lipinski definition) is 2. The summed E-state index contributed by atoms with van der Waals surface area (Å²) in [6.07, 6.45) is 0. The second-order valence-electron chi connectivity index (χ2n) is 3.53. The number of benzene rings is 1. The molecule has 0 amide bonds. The van der Waals surface area contributed by atoms with Crippen molar-refractivity contribution in [2.24, 2.45) is 5.73 Å². The van der Waals surface area contributed by atoms with Gasteiger partial charge in [0, 0.05) is 15.7 Å². The highest BCUT2D eigenvalue weighted by atomic mass is 32.2. The van der Waals surface area contributed by atoms with Crippen LogP contribution in [0.2, 0.25) is 0 Å². The van der Waals surface area contributed by atoms with Gasteiger partial charge in [-0.2, -0.15) is 0 Å². The van der Waals surface area contributed by atoms with Crippen molar-refractivity contribution in [2.45, 2.75) is 30.9 Å². The first-order chi connectivity index (χ1) is 6.52. The second kappa shape index (κ2) is 4.51. The summed E-state index contributed by atoms with van der Waals surface area (Å²) in [6.45, 7) is 6.33. The van der Waals surface area contributed by atoms with Gasteiger partial charge in [0.25, 0.3) is 0 Å². The smallest absolute Gasteiger partial charge is 0.123 e. The third-order valence-electron chi connectivity index (χ3n) is 1.86. The fraction of sp³-hybridized carbons (Fsp3) is 0.364. The highest BCUT2D eigenvalue weighted by molar-refractivity contribution is 8.00. The van der Waals surface area contributed by atoms with Crippen molar-refractivity contribution in [3.63, 3.8) is 0 Å². The van der Waals surface area contributed by atoms with Crippen LogP contribution in [0.5, 0.6) is 0 Å². The minimum Gasteiger partial charge on any atom is -0.384 e. The van der Waals surface area contributed by atoms with E-state index in [4.69, 9.17) is 11.1 Å². The van der Waals surface area contributed by atoms with Gasteiger partial charge in [-0.1, -0.05) is 32.0 Å². The Kier molecular flexibility index (Phi) is 3.58. The molecular weight excluding hydrogens is 192 g/mol. The fourth-order valence-corrected chi connectivity index (χ4v) is 2.29. The number of thioether (sulfide) groups is 1. The van der Waals surface area contributed by atoms with E-state index >= 15 is 0 Å². The van der Waals surface area contributed by atoms with Crippen LogP contribution < -0.4 is 5.73 Å². The molecule has 0 aromatic heterocycles. The number of rotatable bonds is 3. The van der Waals surface area contributed by atoms with Crippen LogP contribution in [-0.2, 0) is 0 Å². The minimum absolute atomic E-state index is 0.150. The molecule has 1 rings (SSSR count). The van der Waals surface area contributed by atoms with Crippen LogP contribution >= 0.6 is 11.8 Å². The summed E-state index contributed by atoms with van der Waals surface area (Å²) >= 11 is 1.76. The van der Waals surface area contributed by atoms with Crippen molar-refractivity contribution < 1.29 is 0 Å². The van der Waals surface area contributed by atoms with E-state index < -0.39 is 0 Å². The quantitative estimate of drug-likeness (QED) is 0.456. The molecule has 0 aliphatic heterocycles. The molecule has 76 valence electrons. The minimum atomic E-state index is 0.150. The molecule has 0 saturated carbocycles. The molecule has 14 heavy (non-hydrogen) atoms. The number of hydrogen-bond donors (Lipinski definition) is 2. The van der Waals surface area contributed by atoms with Crippen LogP contribution in [0.25, 0.3) is 0 Å². The van der Waals surface area contributed by atoms with E-state index in [0.717, 1.165) is 10.5 Å². The first-order valence-electron chi connectivity index (χ1n) is 4.63. The van der Waals surface area contributed by atoms with Crippen molar-refractivity contribution in [3.05, 3.63) is 29.3 Å². The monoisotopic (exact) mass is 208 g/mol. The molecule has 3 N–H and O–H groups in total. The van der Waals surface area contributed by atoms with Crippen LogP contribution in [0, 0.1) is 12.3 Å². The highest BCUT2D eigenvalue weighted by Gasteiger charge is 2.09. The lowest BCUT2D eigenvalue weighted by molar-refractivity contribution is 1.10. The van der Waals surface area contributed by atoms with Gasteiger partial charge in [0.1, 0.15) is 5.84 Å². The summed E-state index contributed by atoms with van der Waals surface area (Å²) in [5, 5.41) is 7.99. The molecule has 0 heterocycles. The largest absolute Gasteiger partial charge is 0.384 e. The Morgan fingerprint density at radius 2 is 2.07 bits per heavy atom. The van der Waals surface area contributed by atoms with Crippen LogP contribution in [0.3, 0.4) is 0 Å². The molecule has 0 saturated heterocycles. The zero-order chi connectivity index (χ0) is 10.7. The predicted molar refractivity (Wildman–Crippen MR) is 63.2 cm³/mol. The van der Waals surface area contributed by atoms with E-state index in [1.807, 2.05) is 12.1 Å². The van der Waals surface area contributed by atoms with Crippen LogP contribution in [0.4, 0.5) is 0 Å². The van der Waals surface area contributed by atoms with E-state index in [2.05, 4.69) is 26.8 Å². The molecular formula is C11H16N2S. The van der Waals surface area contributed by atoms with E-state index in [0.29, 0.717) is 5.25 Å². The first-order valence-corrected chi connectivity index (χ1v) is 5.51. The summed E-state index contributed by atoms with van der Waals surface area (Å²) in [5.74, 6) is 0.150. The summed E-state index contributed by atoms with van der Waals surface area (Å²) in [5.41, 5.74) is 7.57. The molecule has 0 radical (unpaired) electrons. The summed E-state index contributed by atoms with van der Waals surface area (Å²) < 4.78 is 0. The fourth-order valence-electron chi connectivity index (χ4n) is 1.26. The Morgan fingerprint density at radius 3 is 2.57 bits per heavy atom. The number of amidine groups is 1. The van der Waals surface area contributed by atoms with Gasteiger partial charge in [0.15, 0.2) is 0 Å². The maximum atomic E-state index is 7.48. The lowest BCUT2D eigenvalue weighted by Crippen LogP contribution is -2.13. The van der Waals surface area contributed by atoms with Crippen molar-refractivity contribution in [1.29, 1.82) is 5.41 Å². The lowest BCUT2D eigenvalue weighted by Gasteiger charge is -2.12. The van der Waals surface area contributed by atoms with Crippen LogP contribution in [0.15, 0.2) is 23.1 Å².